The van der Waals surface area contributed by atoms with Crippen LogP contribution >= 0.6 is 0 Å². The van der Waals surface area contributed by atoms with Gasteiger partial charge in [-0.25, -0.2) is 10.8 Å². The van der Waals surface area contributed by atoms with Crippen molar-refractivity contribution >= 4 is 11.6 Å². The Balaban J connectivity index is 1.78. The Kier molecular flexibility index (Phi) is 3.17. The third-order valence-corrected chi connectivity index (χ3v) is 3.46. The molecule has 2 aliphatic rings. The molecule has 2 saturated heterocycles. The van der Waals surface area contributed by atoms with Gasteiger partial charge in [0, 0.05) is 13.1 Å². The van der Waals surface area contributed by atoms with E-state index in [9.17, 15) is 0 Å². The molecule has 2 aliphatic heterocycles. The lowest BCUT2D eigenvalue weighted by Gasteiger charge is -2.33. The number of benzene rings is 1. The summed E-state index contributed by atoms with van der Waals surface area (Å²) < 4.78 is 5.81. The van der Waals surface area contributed by atoms with Crippen LogP contribution in [0.3, 0.4) is 0 Å². The fourth-order valence-corrected chi connectivity index (χ4v) is 2.61. The highest BCUT2D eigenvalue weighted by molar-refractivity contribution is 5.82. The average molecular weight is 246 g/mol. The van der Waals surface area contributed by atoms with Crippen LogP contribution in [0.2, 0.25) is 0 Å². The number of para-hydroxylation sites is 1. The largest absolute Gasteiger partial charge is 0.371 e. The van der Waals surface area contributed by atoms with E-state index in [0.29, 0.717) is 12.2 Å². The first-order chi connectivity index (χ1) is 8.85. The van der Waals surface area contributed by atoms with Gasteiger partial charge in [0.1, 0.15) is 0 Å². The molecule has 0 amide bonds. The molecule has 1 aromatic rings. The maximum atomic E-state index is 5.81. The Bertz CT molecular complexity index is 422. The molecular formula is C13H18N4O. The van der Waals surface area contributed by atoms with Crippen molar-refractivity contribution in [3.05, 3.63) is 30.3 Å². The minimum Gasteiger partial charge on any atom is -0.371 e. The standard InChI is InChI=1S/C13H18N4O/c14-16-13(15-10-4-2-1-3-5-10)17-8-11-6-7-12(9-17)18-11/h1-5,11-12H,6-9,14H2,(H,15,16). The van der Waals surface area contributed by atoms with E-state index in [-0.39, 0.29) is 0 Å². The Morgan fingerprint density at radius 2 is 1.89 bits per heavy atom. The van der Waals surface area contributed by atoms with Crippen molar-refractivity contribution in [2.75, 3.05) is 13.1 Å². The van der Waals surface area contributed by atoms with Gasteiger partial charge < -0.3 is 9.64 Å². The number of hydrazine groups is 1. The van der Waals surface area contributed by atoms with E-state index in [1.54, 1.807) is 0 Å². The Morgan fingerprint density at radius 1 is 1.22 bits per heavy atom. The number of aliphatic imine (C=N–C) groups is 1. The molecule has 1 aromatic carbocycles. The molecule has 2 bridgehead atoms. The Labute approximate surface area is 107 Å². The summed E-state index contributed by atoms with van der Waals surface area (Å²) in [5, 5.41) is 0. The normalized spacial score (nSPS) is 27.4. The van der Waals surface area contributed by atoms with Crippen molar-refractivity contribution in [3.63, 3.8) is 0 Å². The zero-order chi connectivity index (χ0) is 12.4. The molecule has 0 saturated carbocycles. The van der Waals surface area contributed by atoms with E-state index >= 15 is 0 Å². The Morgan fingerprint density at radius 3 is 2.50 bits per heavy atom. The summed E-state index contributed by atoms with van der Waals surface area (Å²) in [4.78, 5) is 6.73. The van der Waals surface area contributed by atoms with E-state index in [2.05, 4.69) is 15.3 Å². The number of rotatable bonds is 1. The second kappa shape index (κ2) is 4.96. The van der Waals surface area contributed by atoms with Crippen LogP contribution in [0.15, 0.2) is 35.3 Å². The first kappa shape index (κ1) is 11.5. The smallest absolute Gasteiger partial charge is 0.213 e. The first-order valence-electron chi connectivity index (χ1n) is 6.36. The number of morpholine rings is 1. The van der Waals surface area contributed by atoms with Crippen molar-refractivity contribution in [1.29, 1.82) is 0 Å². The molecule has 0 aromatic heterocycles. The van der Waals surface area contributed by atoms with Gasteiger partial charge in [0.05, 0.1) is 17.9 Å². The van der Waals surface area contributed by atoms with Crippen LogP contribution in [0, 0.1) is 0 Å². The van der Waals surface area contributed by atoms with Crippen molar-refractivity contribution < 1.29 is 4.74 Å². The number of hydrogen-bond donors (Lipinski definition) is 2. The first-order valence-corrected chi connectivity index (χ1v) is 6.36. The van der Waals surface area contributed by atoms with Crippen molar-refractivity contribution in [3.8, 4) is 0 Å². The molecule has 2 fully saturated rings. The van der Waals surface area contributed by atoms with E-state index < -0.39 is 0 Å². The second-order valence-electron chi connectivity index (χ2n) is 4.78. The number of nitrogens with one attached hydrogen (secondary N) is 1. The van der Waals surface area contributed by atoms with Gasteiger partial charge in [-0.05, 0) is 25.0 Å². The van der Waals surface area contributed by atoms with E-state index in [4.69, 9.17) is 10.6 Å². The molecule has 0 radical (unpaired) electrons. The van der Waals surface area contributed by atoms with Gasteiger partial charge in [0.2, 0.25) is 5.96 Å². The summed E-state index contributed by atoms with van der Waals surface area (Å²) >= 11 is 0. The summed E-state index contributed by atoms with van der Waals surface area (Å²) in [7, 11) is 0. The predicted octanol–water partition coefficient (Wildman–Crippen LogP) is 1.00. The topological polar surface area (TPSA) is 62.9 Å². The van der Waals surface area contributed by atoms with Gasteiger partial charge in [-0.2, -0.15) is 0 Å². The summed E-state index contributed by atoms with van der Waals surface area (Å²) in [6, 6.07) is 9.84. The quantitative estimate of drug-likeness (QED) is 0.336. The van der Waals surface area contributed by atoms with Gasteiger partial charge in [-0.15, -0.1) is 0 Å². The lowest BCUT2D eigenvalue weighted by atomic mass is 10.2. The molecule has 0 spiro atoms. The lowest BCUT2D eigenvalue weighted by molar-refractivity contribution is -0.0167. The molecule has 2 unspecified atom stereocenters. The Hall–Kier alpha value is -1.59. The summed E-state index contributed by atoms with van der Waals surface area (Å²) in [6.45, 7) is 1.73. The maximum Gasteiger partial charge on any atom is 0.213 e. The van der Waals surface area contributed by atoms with Crippen molar-refractivity contribution in [1.82, 2.24) is 10.3 Å². The number of guanidine groups is 1. The molecule has 96 valence electrons. The number of nitrogens with zero attached hydrogens (tertiary/aromatic N) is 2. The van der Waals surface area contributed by atoms with Crippen LogP contribution in [0.5, 0.6) is 0 Å². The molecule has 2 heterocycles. The number of fused-ring (bicyclic) bond motifs is 2. The SMILES string of the molecule is NNC(=Nc1ccccc1)N1CC2CCC(C1)O2. The molecular weight excluding hydrogens is 228 g/mol. The van der Waals surface area contributed by atoms with E-state index in [1.807, 2.05) is 30.3 Å². The van der Waals surface area contributed by atoms with Crippen LogP contribution in [-0.4, -0.2) is 36.2 Å². The summed E-state index contributed by atoms with van der Waals surface area (Å²) in [5.41, 5.74) is 3.62. The van der Waals surface area contributed by atoms with Gasteiger partial charge >= 0.3 is 0 Å². The fourth-order valence-electron chi connectivity index (χ4n) is 2.61. The average Bonchev–Trinajstić information content (AvgIpc) is 2.76. The highest BCUT2D eigenvalue weighted by Crippen LogP contribution is 2.26. The minimum atomic E-state index is 0.332. The highest BCUT2D eigenvalue weighted by atomic mass is 16.5. The summed E-state index contributed by atoms with van der Waals surface area (Å²) in [5.74, 6) is 6.32. The van der Waals surface area contributed by atoms with Crippen LogP contribution in [0.4, 0.5) is 5.69 Å². The maximum absolute atomic E-state index is 5.81. The van der Waals surface area contributed by atoms with Gasteiger partial charge in [-0.1, -0.05) is 18.2 Å². The minimum absolute atomic E-state index is 0.332. The second-order valence-corrected chi connectivity index (χ2v) is 4.78. The van der Waals surface area contributed by atoms with Crippen molar-refractivity contribution in [2.45, 2.75) is 25.0 Å². The van der Waals surface area contributed by atoms with Crippen LogP contribution in [0.1, 0.15) is 12.8 Å². The molecule has 2 atom stereocenters. The highest BCUT2D eigenvalue weighted by Gasteiger charge is 2.34. The number of ether oxygens (including phenoxy) is 1. The number of hydrogen-bond acceptors (Lipinski definition) is 3. The van der Waals surface area contributed by atoms with Crippen molar-refractivity contribution in [2.24, 2.45) is 10.8 Å². The van der Waals surface area contributed by atoms with Gasteiger partial charge in [-0.3, -0.25) is 5.43 Å². The predicted molar refractivity (Wildman–Crippen MR) is 70.3 cm³/mol. The molecule has 3 rings (SSSR count). The zero-order valence-corrected chi connectivity index (χ0v) is 10.2. The third-order valence-electron chi connectivity index (χ3n) is 3.46. The van der Waals surface area contributed by atoms with Gasteiger partial charge in [0.25, 0.3) is 0 Å². The van der Waals surface area contributed by atoms with Crippen LogP contribution < -0.4 is 11.3 Å². The lowest BCUT2D eigenvalue weighted by Crippen LogP contribution is -2.52. The van der Waals surface area contributed by atoms with Crippen LogP contribution in [-0.2, 0) is 4.74 Å². The number of likely N-dealkylation sites (tertiary alicyclic amines) is 1. The van der Waals surface area contributed by atoms with Crippen LogP contribution in [0.25, 0.3) is 0 Å². The zero-order valence-electron chi connectivity index (χ0n) is 10.2. The fraction of sp³-hybridized carbons (Fsp3) is 0.462. The molecule has 5 heteroatoms. The monoisotopic (exact) mass is 246 g/mol. The molecule has 5 nitrogen and oxygen atoms in total. The molecule has 0 aliphatic carbocycles. The van der Waals surface area contributed by atoms with E-state index in [0.717, 1.165) is 37.6 Å². The molecule has 18 heavy (non-hydrogen) atoms. The van der Waals surface area contributed by atoms with Gasteiger partial charge in [0.15, 0.2) is 0 Å². The third kappa shape index (κ3) is 2.32. The summed E-state index contributed by atoms with van der Waals surface area (Å²) in [6.07, 6.45) is 2.95. The number of nitrogens with two attached hydrogens (primary N) is 1. The van der Waals surface area contributed by atoms with E-state index in [1.165, 1.54) is 0 Å². The molecule has 3 N–H and O–H groups in total.